The second-order valence-electron chi connectivity index (χ2n) is 4.42. The maximum atomic E-state index is 12.0. The lowest BCUT2D eigenvalue weighted by atomic mass is 10.0. The molecule has 0 aliphatic carbocycles. The Morgan fingerprint density at radius 2 is 2.25 bits per heavy atom. The number of H-pyrrole nitrogens is 1. The number of piperazine rings is 1. The quantitative estimate of drug-likeness (QED) is 0.737. The van der Waals surface area contributed by atoms with E-state index in [4.69, 9.17) is 0 Å². The van der Waals surface area contributed by atoms with E-state index < -0.39 is 0 Å². The van der Waals surface area contributed by atoms with Crippen LogP contribution in [-0.2, 0) is 0 Å². The molecule has 16 heavy (non-hydrogen) atoms. The first kappa shape index (κ1) is 11.4. The summed E-state index contributed by atoms with van der Waals surface area (Å²) >= 11 is 0. The van der Waals surface area contributed by atoms with Crippen molar-refractivity contribution < 1.29 is 4.79 Å². The van der Waals surface area contributed by atoms with Crippen LogP contribution in [0.2, 0.25) is 0 Å². The SMILES string of the molecule is CC(CN1CCNCC1)C(=O)c1cc[nH]c1. The summed E-state index contributed by atoms with van der Waals surface area (Å²) in [6.07, 6.45) is 3.57. The zero-order valence-corrected chi connectivity index (χ0v) is 9.70. The van der Waals surface area contributed by atoms with Gasteiger partial charge in [0.15, 0.2) is 5.78 Å². The second-order valence-corrected chi connectivity index (χ2v) is 4.42. The third-order valence-corrected chi connectivity index (χ3v) is 3.07. The van der Waals surface area contributed by atoms with Crippen molar-refractivity contribution in [3.05, 3.63) is 24.0 Å². The van der Waals surface area contributed by atoms with Gasteiger partial charge in [-0.05, 0) is 6.07 Å². The van der Waals surface area contributed by atoms with E-state index in [-0.39, 0.29) is 11.7 Å². The molecule has 4 nitrogen and oxygen atoms in total. The number of carbonyl (C=O) groups is 1. The molecule has 1 unspecified atom stereocenters. The Morgan fingerprint density at radius 3 is 2.88 bits per heavy atom. The van der Waals surface area contributed by atoms with Crippen molar-refractivity contribution >= 4 is 5.78 Å². The van der Waals surface area contributed by atoms with Crippen molar-refractivity contribution in [2.45, 2.75) is 6.92 Å². The van der Waals surface area contributed by atoms with Gasteiger partial charge in [0.25, 0.3) is 0 Å². The lowest BCUT2D eigenvalue weighted by Gasteiger charge is -2.29. The Morgan fingerprint density at radius 1 is 1.50 bits per heavy atom. The van der Waals surface area contributed by atoms with Gasteiger partial charge in [0.05, 0.1) is 0 Å². The fourth-order valence-electron chi connectivity index (χ4n) is 2.13. The largest absolute Gasteiger partial charge is 0.367 e. The molecule has 1 aromatic heterocycles. The lowest BCUT2D eigenvalue weighted by Crippen LogP contribution is -2.45. The van der Waals surface area contributed by atoms with Gasteiger partial charge in [-0.1, -0.05) is 6.92 Å². The molecule has 4 heteroatoms. The number of aromatic nitrogens is 1. The van der Waals surface area contributed by atoms with E-state index in [0.29, 0.717) is 0 Å². The van der Waals surface area contributed by atoms with Gasteiger partial charge in [0.1, 0.15) is 0 Å². The van der Waals surface area contributed by atoms with Crippen LogP contribution >= 0.6 is 0 Å². The summed E-state index contributed by atoms with van der Waals surface area (Å²) in [5.41, 5.74) is 0.794. The number of Topliss-reactive ketones (excluding diaryl/α,β-unsaturated/α-hetero) is 1. The number of hydrogen-bond donors (Lipinski definition) is 2. The molecule has 2 rings (SSSR count). The monoisotopic (exact) mass is 221 g/mol. The minimum atomic E-state index is 0.0777. The Kier molecular flexibility index (Phi) is 3.74. The van der Waals surface area contributed by atoms with Crippen LogP contribution in [0, 0.1) is 5.92 Å². The van der Waals surface area contributed by atoms with Gasteiger partial charge in [-0.25, -0.2) is 0 Å². The highest BCUT2D eigenvalue weighted by molar-refractivity contribution is 5.97. The number of hydrogen-bond acceptors (Lipinski definition) is 3. The third kappa shape index (κ3) is 2.71. The summed E-state index contributed by atoms with van der Waals surface area (Å²) < 4.78 is 0. The minimum absolute atomic E-state index is 0.0777. The molecule has 0 amide bonds. The molecular formula is C12H19N3O. The van der Waals surface area contributed by atoms with Gasteiger partial charge >= 0.3 is 0 Å². The van der Waals surface area contributed by atoms with Gasteiger partial charge in [-0.2, -0.15) is 0 Å². The van der Waals surface area contributed by atoms with E-state index >= 15 is 0 Å². The van der Waals surface area contributed by atoms with E-state index in [2.05, 4.69) is 15.2 Å². The molecule has 1 fully saturated rings. The van der Waals surface area contributed by atoms with Crippen LogP contribution in [0.3, 0.4) is 0 Å². The van der Waals surface area contributed by atoms with Crippen LogP contribution in [0.5, 0.6) is 0 Å². The van der Waals surface area contributed by atoms with Crippen molar-refractivity contribution in [3.8, 4) is 0 Å². The average molecular weight is 221 g/mol. The molecule has 0 saturated carbocycles. The van der Waals surface area contributed by atoms with E-state index in [1.54, 1.807) is 12.4 Å². The normalized spacial score (nSPS) is 19.6. The van der Waals surface area contributed by atoms with Crippen molar-refractivity contribution in [3.63, 3.8) is 0 Å². The number of rotatable bonds is 4. The first-order valence-electron chi connectivity index (χ1n) is 5.87. The lowest BCUT2D eigenvalue weighted by molar-refractivity contribution is 0.0887. The highest BCUT2D eigenvalue weighted by atomic mass is 16.1. The van der Waals surface area contributed by atoms with E-state index in [1.165, 1.54) is 0 Å². The molecule has 1 aliphatic heterocycles. The standard InChI is InChI=1S/C12H19N3O/c1-10(9-15-6-4-13-5-7-15)12(16)11-2-3-14-8-11/h2-3,8,10,13-14H,4-7,9H2,1H3. The van der Waals surface area contributed by atoms with Crippen LogP contribution in [-0.4, -0.2) is 48.4 Å². The molecule has 0 aromatic carbocycles. The fraction of sp³-hybridized carbons (Fsp3) is 0.583. The van der Waals surface area contributed by atoms with E-state index in [0.717, 1.165) is 38.3 Å². The molecule has 1 aromatic rings. The summed E-state index contributed by atoms with van der Waals surface area (Å²) in [4.78, 5) is 17.3. The summed E-state index contributed by atoms with van der Waals surface area (Å²) in [7, 11) is 0. The molecule has 2 heterocycles. The number of aromatic amines is 1. The first-order valence-corrected chi connectivity index (χ1v) is 5.87. The summed E-state index contributed by atoms with van der Waals surface area (Å²) in [6, 6.07) is 1.84. The molecule has 0 spiro atoms. The molecule has 0 bridgehead atoms. The average Bonchev–Trinajstić information content (AvgIpc) is 2.83. The van der Waals surface area contributed by atoms with Crippen LogP contribution < -0.4 is 5.32 Å². The molecule has 2 N–H and O–H groups in total. The van der Waals surface area contributed by atoms with Gasteiger partial charge in [-0.15, -0.1) is 0 Å². The molecule has 1 aliphatic rings. The Labute approximate surface area is 96.0 Å². The van der Waals surface area contributed by atoms with Gasteiger partial charge < -0.3 is 15.2 Å². The summed E-state index contributed by atoms with van der Waals surface area (Å²) in [5.74, 6) is 0.314. The Bertz CT molecular complexity index is 328. The van der Waals surface area contributed by atoms with Crippen molar-refractivity contribution in [1.82, 2.24) is 15.2 Å². The van der Waals surface area contributed by atoms with E-state index in [9.17, 15) is 4.79 Å². The zero-order valence-electron chi connectivity index (χ0n) is 9.70. The number of nitrogens with one attached hydrogen (secondary N) is 2. The van der Waals surface area contributed by atoms with Gasteiger partial charge in [-0.3, -0.25) is 4.79 Å². The Balaban J connectivity index is 1.87. The van der Waals surface area contributed by atoms with Gasteiger partial charge in [0.2, 0.25) is 0 Å². The molecule has 1 atom stereocenters. The summed E-state index contributed by atoms with van der Waals surface area (Å²) in [6.45, 7) is 7.04. The van der Waals surface area contributed by atoms with Crippen molar-refractivity contribution in [2.75, 3.05) is 32.7 Å². The predicted octanol–water partition coefficient (Wildman–Crippen LogP) is 0.739. The number of carbonyl (C=O) groups excluding carboxylic acids is 1. The summed E-state index contributed by atoms with van der Waals surface area (Å²) in [5, 5.41) is 3.31. The second kappa shape index (κ2) is 5.27. The van der Waals surface area contributed by atoms with E-state index in [1.807, 2.05) is 13.0 Å². The predicted molar refractivity (Wildman–Crippen MR) is 63.6 cm³/mol. The maximum Gasteiger partial charge on any atom is 0.168 e. The smallest absolute Gasteiger partial charge is 0.168 e. The van der Waals surface area contributed by atoms with Crippen LogP contribution in [0.15, 0.2) is 18.5 Å². The Hall–Kier alpha value is -1.13. The highest BCUT2D eigenvalue weighted by Crippen LogP contribution is 2.10. The molecular weight excluding hydrogens is 202 g/mol. The highest BCUT2D eigenvalue weighted by Gasteiger charge is 2.19. The van der Waals surface area contributed by atoms with Crippen molar-refractivity contribution in [2.24, 2.45) is 5.92 Å². The van der Waals surface area contributed by atoms with Gasteiger partial charge in [0, 0.05) is 56.6 Å². The topological polar surface area (TPSA) is 48.1 Å². The molecule has 0 radical (unpaired) electrons. The molecule has 88 valence electrons. The first-order chi connectivity index (χ1) is 7.77. The van der Waals surface area contributed by atoms with Crippen LogP contribution in [0.1, 0.15) is 17.3 Å². The number of nitrogens with zero attached hydrogens (tertiary/aromatic N) is 1. The fourth-order valence-corrected chi connectivity index (χ4v) is 2.13. The minimum Gasteiger partial charge on any atom is -0.367 e. The third-order valence-electron chi connectivity index (χ3n) is 3.07. The molecule has 1 saturated heterocycles. The number of ketones is 1. The van der Waals surface area contributed by atoms with Crippen LogP contribution in [0.25, 0.3) is 0 Å². The van der Waals surface area contributed by atoms with Crippen LogP contribution in [0.4, 0.5) is 0 Å². The maximum absolute atomic E-state index is 12.0. The van der Waals surface area contributed by atoms with Crippen molar-refractivity contribution in [1.29, 1.82) is 0 Å². The zero-order chi connectivity index (χ0) is 11.4.